The minimum absolute atomic E-state index is 0.0686. The maximum atomic E-state index is 9.50. The van der Waals surface area contributed by atoms with Gasteiger partial charge in [0.1, 0.15) is 5.69 Å². The standard InChI is InChI=1S/C19H21N3O/c23-15-18-19(14-17-10-5-2-6-11-17)22(21-20-18)13-7-12-16-8-3-1-4-9-16/h1-6,8-11,23H,7,12-15H2. The number of aromatic nitrogens is 3. The smallest absolute Gasteiger partial charge is 0.112 e. The number of benzene rings is 2. The van der Waals surface area contributed by atoms with Crippen LogP contribution in [0.1, 0.15) is 28.9 Å². The summed E-state index contributed by atoms with van der Waals surface area (Å²) in [5, 5.41) is 17.8. The first-order chi connectivity index (χ1) is 11.4. The Morgan fingerprint density at radius 3 is 2.17 bits per heavy atom. The molecular formula is C19H21N3O. The van der Waals surface area contributed by atoms with E-state index in [1.54, 1.807) is 0 Å². The van der Waals surface area contributed by atoms with Crippen molar-refractivity contribution in [3.8, 4) is 0 Å². The van der Waals surface area contributed by atoms with E-state index >= 15 is 0 Å². The first-order valence-corrected chi connectivity index (χ1v) is 7.97. The summed E-state index contributed by atoms with van der Waals surface area (Å²) >= 11 is 0. The van der Waals surface area contributed by atoms with Crippen molar-refractivity contribution in [2.75, 3.05) is 0 Å². The van der Waals surface area contributed by atoms with Crippen LogP contribution in [0.2, 0.25) is 0 Å². The lowest BCUT2D eigenvalue weighted by molar-refractivity contribution is 0.275. The van der Waals surface area contributed by atoms with Gasteiger partial charge in [-0.3, -0.25) is 0 Å². The molecule has 23 heavy (non-hydrogen) atoms. The van der Waals surface area contributed by atoms with E-state index in [4.69, 9.17) is 0 Å². The van der Waals surface area contributed by atoms with E-state index < -0.39 is 0 Å². The molecule has 1 heterocycles. The summed E-state index contributed by atoms with van der Waals surface area (Å²) in [6.07, 6.45) is 2.76. The lowest BCUT2D eigenvalue weighted by atomic mass is 10.1. The molecule has 118 valence electrons. The van der Waals surface area contributed by atoms with Gasteiger partial charge in [-0.15, -0.1) is 5.10 Å². The Bertz CT molecular complexity index is 723. The van der Waals surface area contributed by atoms with Crippen molar-refractivity contribution < 1.29 is 5.11 Å². The van der Waals surface area contributed by atoms with Gasteiger partial charge < -0.3 is 5.11 Å². The average molecular weight is 307 g/mol. The summed E-state index contributed by atoms with van der Waals surface area (Å²) in [6.45, 7) is 0.741. The monoisotopic (exact) mass is 307 g/mol. The van der Waals surface area contributed by atoms with Crippen molar-refractivity contribution in [3.63, 3.8) is 0 Å². The third kappa shape index (κ3) is 4.05. The highest BCUT2D eigenvalue weighted by atomic mass is 16.3. The fourth-order valence-corrected chi connectivity index (χ4v) is 2.73. The summed E-state index contributed by atoms with van der Waals surface area (Å²) in [6, 6.07) is 20.7. The van der Waals surface area contributed by atoms with Crippen LogP contribution in [0.4, 0.5) is 0 Å². The molecule has 3 rings (SSSR count). The van der Waals surface area contributed by atoms with Gasteiger partial charge in [0.2, 0.25) is 0 Å². The fraction of sp³-hybridized carbons (Fsp3) is 0.263. The van der Waals surface area contributed by atoms with E-state index in [1.165, 1.54) is 11.1 Å². The molecular weight excluding hydrogens is 286 g/mol. The van der Waals surface area contributed by atoms with Crippen LogP contribution < -0.4 is 0 Å². The van der Waals surface area contributed by atoms with Crippen molar-refractivity contribution >= 4 is 0 Å². The summed E-state index contributed by atoms with van der Waals surface area (Å²) in [5.41, 5.74) is 4.22. The molecule has 0 aliphatic carbocycles. The normalized spacial score (nSPS) is 10.8. The Morgan fingerprint density at radius 1 is 0.870 bits per heavy atom. The molecule has 1 aromatic heterocycles. The Kier molecular flexibility index (Phi) is 5.17. The zero-order valence-corrected chi connectivity index (χ0v) is 13.1. The lowest BCUT2D eigenvalue weighted by Crippen LogP contribution is -2.08. The second-order valence-corrected chi connectivity index (χ2v) is 5.62. The summed E-state index contributed by atoms with van der Waals surface area (Å²) in [7, 11) is 0. The third-order valence-corrected chi connectivity index (χ3v) is 3.96. The first kappa shape index (κ1) is 15.4. The Morgan fingerprint density at radius 2 is 1.52 bits per heavy atom. The Labute approximate surface area is 136 Å². The lowest BCUT2D eigenvalue weighted by Gasteiger charge is -2.08. The quantitative estimate of drug-likeness (QED) is 0.730. The maximum Gasteiger partial charge on any atom is 0.112 e. The number of aryl methyl sites for hydroxylation is 2. The van der Waals surface area contributed by atoms with Gasteiger partial charge in [-0.1, -0.05) is 65.9 Å². The van der Waals surface area contributed by atoms with E-state index in [9.17, 15) is 5.11 Å². The zero-order chi connectivity index (χ0) is 15.9. The van der Waals surface area contributed by atoms with Crippen LogP contribution in [0, 0.1) is 0 Å². The number of nitrogens with zero attached hydrogens (tertiary/aromatic N) is 3. The van der Waals surface area contributed by atoms with Gasteiger partial charge in [-0.2, -0.15) is 0 Å². The van der Waals surface area contributed by atoms with Crippen molar-refractivity contribution in [3.05, 3.63) is 83.2 Å². The number of aliphatic hydroxyl groups excluding tert-OH is 1. The van der Waals surface area contributed by atoms with Crippen LogP contribution in [0.25, 0.3) is 0 Å². The van der Waals surface area contributed by atoms with Crippen LogP contribution in [0.3, 0.4) is 0 Å². The molecule has 0 unspecified atom stereocenters. The number of aliphatic hydroxyl groups is 1. The molecule has 2 aromatic carbocycles. The highest BCUT2D eigenvalue weighted by Crippen LogP contribution is 2.14. The Hall–Kier alpha value is -2.46. The second kappa shape index (κ2) is 7.70. The van der Waals surface area contributed by atoms with Crippen LogP contribution in [-0.4, -0.2) is 20.1 Å². The molecule has 3 aromatic rings. The fourth-order valence-electron chi connectivity index (χ4n) is 2.73. The third-order valence-electron chi connectivity index (χ3n) is 3.96. The molecule has 0 amide bonds. The molecule has 0 radical (unpaired) electrons. The highest BCUT2D eigenvalue weighted by molar-refractivity contribution is 5.23. The van der Waals surface area contributed by atoms with Gasteiger partial charge in [0.05, 0.1) is 12.3 Å². The summed E-state index contributed by atoms with van der Waals surface area (Å²) < 4.78 is 1.93. The minimum atomic E-state index is -0.0686. The van der Waals surface area contributed by atoms with E-state index in [0.717, 1.165) is 31.5 Å². The van der Waals surface area contributed by atoms with Crippen molar-refractivity contribution in [1.82, 2.24) is 15.0 Å². The molecule has 0 atom stereocenters. The van der Waals surface area contributed by atoms with Crippen LogP contribution in [0.15, 0.2) is 60.7 Å². The molecule has 4 nitrogen and oxygen atoms in total. The van der Waals surface area contributed by atoms with E-state index in [1.807, 2.05) is 28.9 Å². The average Bonchev–Trinajstić information content (AvgIpc) is 2.99. The highest BCUT2D eigenvalue weighted by Gasteiger charge is 2.12. The second-order valence-electron chi connectivity index (χ2n) is 5.62. The predicted octanol–water partition coefficient (Wildman–Crippen LogP) is 2.99. The molecule has 0 fully saturated rings. The van der Waals surface area contributed by atoms with Crippen molar-refractivity contribution in [1.29, 1.82) is 0 Å². The Balaban J connectivity index is 1.68. The number of hydrogen-bond acceptors (Lipinski definition) is 3. The van der Waals surface area contributed by atoms with Gasteiger partial charge in [-0.05, 0) is 24.0 Å². The van der Waals surface area contributed by atoms with Crippen LogP contribution in [0.5, 0.6) is 0 Å². The molecule has 4 heteroatoms. The largest absolute Gasteiger partial charge is 0.390 e. The van der Waals surface area contributed by atoms with E-state index in [-0.39, 0.29) is 6.61 Å². The molecule has 1 N–H and O–H groups in total. The number of hydrogen-bond donors (Lipinski definition) is 1. The van der Waals surface area contributed by atoms with Crippen molar-refractivity contribution in [2.24, 2.45) is 0 Å². The molecule has 0 aliphatic rings. The van der Waals surface area contributed by atoms with Crippen LogP contribution in [-0.2, 0) is 26.0 Å². The van der Waals surface area contributed by atoms with Crippen LogP contribution >= 0.6 is 0 Å². The van der Waals surface area contributed by atoms with Gasteiger partial charge >= 0.3 is 0 Å². The zero-order valence-electron chi connectivity index (χ0n) is 13.1. The van der Waals surface area contributed by atoms with Crippen molar-refractivity contribution in [2.45, 2.75) is 32.4 Å². The topological polar surface area (TPSA) is 50.9 Å². The summed E-state index contributed by atoms with van der Waals surface area (Å²) in [5.74, 6) is 0. The summed E-state index contributed by atoms with van der Waals surface area (Å²) in [4.78, 5) is 0. The maximum absolute atomic E-state index is 9.50. The number of rotatable bonds is 7. The van der Waals surface area contributed by atoms with E-state index in [0.29, 0.717) is 5.69 Å². The first-order valence-electron chi connectivity index (χ1n) is 7.97. The van der Waals surface area contributed by atoms with Gasteiger partial charge in [-0.25, -0.2) is 4.68 Å². The molecule has 0 saturated heterocycles. The molecule has 0 saturated carbocycles. The molecule has 0 spiro atoms. The van der Waals surface area contributed by atoms with Gasteiger partial charge in [0.15, 0.2) is 0 Å². The van der Waals surface area contributed by atoms with Gasteiger partial charge in [0.25, 0.3) is 0 Å². The van der Waals surface area contributed by atoms with E-state index in [2.05, 4.69) is 46.7 Å². The SMILES string of the molecule is OCc1nnn(CCCc2ccccc2)c1Cc1ccccc1. The predicted molar refractivity (Wildman–Crippen MR) is 90.0 cm³/mol. The molecule has 0 aliphatic heterocycles. The molecule has 0 bridgehead atoms. The minimum Gasteiger partial charge on any atom is -0.390 e. The van der Waals surface area contributed by atoms with Gasteiger partial charge in [0, 0.05) is 13.0 Å².